The Kier molecular flexibility index (Phi) is 4.59. The van der Waals surface area contributed by atoms with Crippen LogP contribution in [0.1, 0.15) is 34.6 Å². The fourth-order valence-electron chi connectivity index (χ4n) is 2.30. The van der Waals surface area contributed by atoms with Crippen molar-refractivity contribution >= 4 is 0 Å². The number of rotatable bonds is 6. The summed E-state index contributed by atoms with van der Waals surface area (Å²) in [6.07, 6.45) is 4.01. The van der Waals surface area contributed by atoms with E-state index in [-0.39, 0.29) is 0 Å². The summed E-state index contributed by atoms with van der Waals surface area (Å²) in [6.45, 7) is 5.87. The number of hydrogen-bond acceptors (Lipinski definition) is 3. The summed E-state index contributed by atoms with van der Waals surface area (Å²) in [6, 6.07) is 4.17. The Bertz CT molecular complexity index is 615. The lowest BCUT2D eigenvalue weighted by Crippen LogP contribution is -2.15. The third-order valence-electron chi connectivity index (χ3n) is 3.80. The van der Waals surface area contributed by atoms with Gasteiger partial charge < -0.3 is 9.88 Å². The maximum atomic E-state index is 9.00. The third kappa shape index (κ3) is 3.09. The number of aryl methyl sites for hydroxylation is 2. The SMILES string of the molecule is Cc1[nH]ncc1CCCNCc1cc(C#N)n(C)c1C. The highest BCUT2D eigenvalue weighted by molar-refractivity contribution is 5.34. The van der Waals surface area contributed by atoms with Gasteiger partial charge in [0.05, 0.1) is 6.20 Å². The largest absolute Gasteiger partial charge is 0.340 e. The van der Waals surface area contributed by atoms with Crippen LogP contribution in [-0.4, -0.2) is 21.3 Å². The Balaban J connectivity index is 1.77. The van der Waals surface area contributed by atoms with Crippen molar-refractivity contribution in [1.82, 2.24) is 20.1 Å². The van der Waals surface area contributed by atoms with E-state index in [4.69, 9.17) is 5.26 Å². The van der Waals surface area contributed by atoms with Crippen molar-refractivity contribution in [3.05, 3.63) is 40.5 Å². The quantitative estimate of drug-likeness (QED) is 0.789. The van der Waals surface area contributed by atoms with Crippen molar-refractivity contribution in [1.29, 1.82) is 5.26 Å². The molecule has 0 spiro atoms. The van der Waals surface area contributed by atoms with Gasteiger partial charge in [-0.05, 0) is 50.4 Å². The summed E-state index contributed by atoms with van der Waals surface area (Å²) >= 11 is 0. The van der Waals surface area contributed by atoms with Crippen LogP contribution >= 0.6 is 0 Å². The normalized spacial score (nSPS) is 10.7. The molecule has 0 bridgehead atoms. The fourth-order valence-corrected chi connectivity index (χ4v) is 2.30. The molecule has 0 saturated carbocycles. The standard InChI is InChI=1S/C15H21N5/c1-11-13(10-18-19-11)5-4-6-17-9-14-7-15(8-16)20(3)12(14)2/h7,10,17H,4-6,9H2,1-3H3,(H,18,19). The Morgan fingerprint density at radius 1 is 1.40 bits per heavy atom. The van der Waals surface area contributed by atoms with Crippen molar-refractivity contribution in [2.45, 2.75) is 33.2 Å². The van der Waals surface area contributed by atoms with E-state index in [1.165, 1.54) is 11.1 Å². The Hall–Kier alpha value is -2.06. The molecule has 0 aliphatic carbocycles. The molecule has 2 rings (SSSR count). The molecule has 2 heterocycles. The van der Waals surface area contributed by atoms with E-state index in [0.717, 1.165) is 37.3 Å². The lowest BCUT2D eigenvalue weighted by Gasteiger charge is -2.05. The molecule has 5 heteroatoms. The summed E-state index contributed by atoms with van der Waals surface area (Å²) in [5.41, 5.74) is 5.51. The van der Waals surface area contributed by atoms with E-state index < -0.39 is 0 Å². The highest BCUT2D eigenvalue weighted by Gasteiger charge is 2.07. The van der Waals surface area contributed by atoms with Crippen molar-refractivity contribution in [2.75, 3.05) is 6.54 Å². The summed E-state index contributed by atoms with van der Waals surface area (Å²) in [4.78, 5) is 0. The lowest BCUT2D eigenvalue weighted by atomic mass is 10.1. The van der Waals surface area contributed by atoms with Crippen molar-refractivity contribution in [3.8, 4) is 6.07 Å². The van der Waals surface area contributed by atoms with Gasteiger partial charge in [0, 0.05) is 25.0 Å². The summed E-state index contributed by atoms with van der Waals surface area (Å²) < 4.78 is 1.94. The van der Waals surface area contributed by atoms with E-state index in [0.29, 0.717) is 5.69 Å². The first-order valence-electron chi connectivity index (χ1n) is 6.88. The van der Waals surface area contributed by atoms with Gasteiger partial charge >= 0.3 is 0 Å². The number of nitriles is 1. The van der Waals surface area contributed by atoms with Crippen LogP contribution in [-0.2, 0) is 20.0 Å². The topological polar surface area (TPSA) is 69.4 Å². The fraction of sp³-hybridized carbons (Fsp3) is 0.467. The Morgan fingerprint density at radius 3 is 2.80 bits per heavy atom. The highest BCUT2D eigenvalue weighted by Crippen LogP contribution is 2.13. The molecule has 20 heavy (non-hydrogen) atoms. The average Bonchev–Trinajstić information content (AvgIpc) is 2.96. The second kappa shape index (κ2) is 6.40. The van der Waals surface area contributed by atoms with Crippen molar-refractivity contribution < 1.29 is 0 Å². The maximum Gasteiger partial charge on any atom is 0.120 e. The molecule has 0 aliphatic rings. The van der Waals surface area contributed by atoms with Gasteiger partial charge in [0.25, 0.3) is 0 Å². The molecule has 0 amide bonds. The molecule has 0 unspecified atom stereocenters. The minimum absolute atomic E-state index is 0.716. The summed E-state index contributed by atoms with van der Waals surface area (Å²) in [7, 11) is 1.93. The molecule has 0 fully saturated rings. The third-order valence-corrected chi connectivity index (χ3v) is 3.80. The Morgan fingerprint density at radius 2 is 2.20 bits per heavy atom. The Labute approximate surface area is 119 Å². The van der Waals surface area contributed by atoms with E-state index >= 15 is 0 Å². The van der Waals surface area contributed by atoms with Gasteiger partial charge in [-0.25, -0.2) is 0 Å². The highest BCUT2D eigenvalue weighted by atomic mass is 15.1. The number of aromatic amines is 1. The zero-order chi connectivity index (χ0) is 14.5. The molecule has 5 nitrogen and oxygen atoms in total. The number of aromatic nitrogens is 3. The number of nitrogens with zero attached hydrogens (tertiary/aromatic N) is 3. The van der Waals surface area contributed by atoms with Crippen LogP contribution in [0.3, 0.4) is 0 Å². The molecule has 0 saturated heterocycles. The minimum Gasteiger partial charge on any atom is -0.340 e. The van der Waals surface area contributed by atoms with Crippen molar-refractivity contribution in [3.63, 3.8) is 0 Å². The molecule has 0 aromatic carbocycles. The molecule has 0 aliphatic heterocycles. The van der Waals surface area contributed by atoms with Crippen LogP contribution in [0.15, 0.2) is 12.3 Å². The van der Waals surface area contributed by atoms with E-state index in [1.807, 2.05) is 37.7 Å². The van der Waals surface area contributed by atoms with Gasteiger partial charge in [0.1, 0.15) is 11.8 Å². The first-order chi connectivity index (χ1) is 9.63. The summed E-state index contributed by atoms with van der Waals surface area (Å²) in [5.74, 6) is 0. The second-order valence-electron chi connectivity index (χ2n) is 5.11. The molecule has 2 N–H and O–H groups in total. The molecule has 106 valence electrons. The minimum atomic E-state index is 0.716. The zero-order valence-corrected chi connectivity index (χ0v) is 12.3. The number of nitrogens with one attached hydrogen (secondary N) is 2. The van der Waals surface area contributed by atoms with Gasteiger partial charge in [-0.2, -0.15) is 10.4 Å². The lowest BCUT2D eigenvalue weighted by molar-refractivity contribution is 0.645. The van der Waals surface area contributed by atoms with Crippen molar-refractivity contribution in [2.24, 2.45) is 7.05 Å². The first kappa shape index (κ1) is 14.4. The van der Waals surface area contributed by atoms with E-state index in [9.17, 15) is 0 Å². The molecule has 2 aromatic heterocycles. The zero-order valence-electron chi connectivity index (χ0n) is 12.3. The van der Waals surface area contributed by atoms with E-state index in [1.54, 1.807) is 0 Å². The van der Waals surface area contributed by atoms with Crippen LogP contribution in [0.4, 0.5) is 0 Å². The predicted octanol–water partition coefficient (Wildman–Crippen LogP) is 1.96. The first-order valence-corrected chi connectivity index (χ1v) is 6.88. The van der Waals surface area contributed by atoms with E-state index in [2.05, 4.69) is 21.6 Å². The molecule has 0 atom stereocenters. The van der Waals surface area contributed by atoms with Gasteiger partial charge in [0.15, 0.2) is 0 Å². The van der Waals surface area contributed by atoms with Gasteiger partial charge in [-0.3, -0.25) is 5.10 Å². The summed E-state index contributed by atoms with van der Waals surface area (Å²) in [5, 5.41) is 19.4. The van der Waals surface area contributed by atoms with Crippen LogP contribution < -0.4 is 5.32 Å². The maximum absolute atomic E-state index is 9.00. The number of H-pyrrole nitrogens is 1. The smallest absolute Gasteiger partial charge is 0.120 e. The van der Waals surface area contributed by atoms with Crippen LogP contribution in [0, 0.1) is 25.2 Å². The molecule has 2 aromatic rings. The average molecular weight is 271 g/mol. The predicted molar refractivity (Wildman–Crippen MR) is 78.2 cm³/mol. The van der Waals surface area contributed by atoms with Gasteiger partial charge in [0.2, 0.25) is 0 Å². The van der Waals surface area contributed by atoms with Gasteiger partial charge in [-0.1, -0.05) is 0 Å². The molecular weight excluding hydrogens is 250 g/mol. The van der Waals surface area contributed by atoms with Crippen LogP contribution in [0.5, 0.6) is 0 Å². The molecule has 0 radical (unpaired) electrons. The number of hydrogen-bond donors (Lipinski definition) is 2. The molecular formula is C15H21N5. The monoisotopic (exact) mass is 271 g/mol. The van der Waals surface area contributed by atoms with Crippen LogP contribution in [0.25, 0.3) is 0 Å². The second-order valence-corrected chi connectivity index (χ2v) is 5.11. The van der Waals surface area contributed by atoms with Gasteiger partial charge in [-0.15, -0.1) is 0 Å². The van der Waals surface area contributed by atoms with Crippen LogP contribution in [0.2, 0.25) is 0 Å².